The molecule has 0 aromatic heterocycles. The number of benzene rings is 2. The maximum Gasteiger partial charge on any atom is 0.335 e. The highest BCUT2D eigenvalue weighted by Crippen LogP contribution is 2.27. The highest BCUT2D eigenvalue weighted by molar-refractivity contribution is 6.31. The number of ether oxygens (including phenoxy) is 1. The number of methoxy groups -OCH3 is 1. The molecule has 0 saturated carbocycles. The Morgan fingerprint density at radius 2 is 2.14 bits per heavy atom. The average Bonchev–Trinajstić information content (AvgIpc) is 2.46. The molecule has 0 aliphatic rings. The highest BCUT2D eigenvalue weighted by Gasteiger charge is 2.11. The van der Waals surface area contributed by atoms with Gasteiger partial charge in [0.2, 0.25) is 0 Å². The van der Waals surface area contributed by atoms with Gasteiger partial charge in [0, 0.05) is 17.1 Å². The van der Waals surface area contributed by atoms with E-state index in [4.69, 9.17) is 21.4 Å². The SMILES string of the molecule is COc1ccc(C(=O)O)cc1NCc1c(F)cccc1Cl. The first-order valence-corrected chi connectivity index (χ1v) is 6.49. The topological polar surface area (TPSA) is 58.6 Å². The number of rotatable bonds is 5. The zero-order chi connectivity index (χ0) is 15.4. The smallest absolute Gasteiger partial charge is 0.335 e. The van der Waals surface area contributed by atoms with E-state index in [-0.39, 0.29) is 12.1 Å². The molecule has 2 aromatic carbocycles. The fourth-order valence-corrected chi connectivity index (χ4v) is 2.09. The Labute approximate surface area is 126 Å². The largest absolute Gasteiger partial charge is 0.495 e. The summed E-state index contributed by atoms with van der Waals surface area (Å²) in [5.74, 6) is -1.01. The second kappa shape index (κ2) is 6.45. The molecule has 110 valence electrons. The van der Waals surface area contributed by atoms with Crippen molar-refractivity contribution in [3.05, 3.63) is 58.4 Å². The molecule has 6 heteroatoms. The summed E-state index contributed by atoms with van der Waals surface area (Å²) in [6.07, 6.45) is 0. The van der Waals surface area contributed by atoms with Crippen molar-refractivity contribution < 1.29 is 19.0 Å². The van der Waals surface area contributed by atoms with Gasteiger partial charge in [0.15, 0.2) is 0 Å². The molecule has 0 spiro atoms. The van der Waals surface area contributed by atoms with Crippen LogP contribution in [0.3, 0.4) is 0 Å². The van der Waals surface area contributed by atoms with E-state index >= 15 is 0 Å². The van der Waals surface area contributed by atoms with Gasteiger partial charge in [-0.2, -0.15) is 0 Å². The molecule has 0 heterocycles. The lowest BCUT2D eigenvalue weighted by Crippen LogP contribution is -2.06. The van der Waals surface area contributed by atoms with Gasteiger partial charge in [-0.3, -0.25) is 0 Å². The van der Waals surface area contributed by atoms with Gasteiger partial charge in [-0.25, -0.2) is 9.18 Å². The number of anilines is 1. The summed E-state index contributed by atoms with van der Waals surface area (Å²) in [4.78, 5) is 11.0. The zero-order valence-corrected chi connectivity index (χ0v) is 11.9. The Kier molecular flexibility index (Phi) is 4.65. The molecule has 0 unspecified atom stereocenters. The third-order valence-electron chi connectivity index (χ3n) is 2.96. The second-order valence-electron chi connectivity index (χ2n) is 4.27. The number of carboxylic acid groups (broad SMARTS) is 1. The summed E-state index contributed by atoms with van der Waals surface area (Å²) in [6, 6.07) is 8.82. The fourth-order valence-electron chi connectivity index (χ4n) is 1.86. The normalized spacial score (nSPS) is 10.2. The van der Waals surface area contributed by atoms with E-state index in [0.29, 0.717) is 22.0 Å². The highest BCUT2D eigenvalue weighted by atomic mass is 35.5. The summed E-state index contributed by atoms with van der Waals surface area (Å²) in [6.45, 7) is 0.116. The van der Waals surface area contributed by atoms with Crippen LogP contribution in [-0.4, -0.2) is 18.2 Å². The summed E-state index contributed by atoms with van der Waals surface area (Å²) in [5.41, 5.74) is 0.872. The van der Waals surface area contributed by atoms with Crippen LogP contribution >= 0.6 is 11.6 Å². The van der Waals surface area contributed by atoms with Crippen LogP contribution in [0, 0.1) is 5.82 Å². The number of nitrogens with one attached hydrogen (secondary N) is 1. The minimum absolute atomic E-state index is 0.109. The lowest BCUT2D eigenvalue weighted by molar-refractivity contribution is 0.0697. The molecular formula is C15H13ClFNO3. The van der Waals surface area contributed by atoms with E-state index in [1.54, 1.807) is 6.07 Å². The third-order valence-corrected chi connectivity index (χ3v) is 3.32. The first-order chi connectivity index (χ1) is 10.0. The summed E-state index contributed by atoms with van der Waals surface area (Å²) >= 11 is 5.95. The van der Waals surface area contributed by atoms with E-state index in [9.17, 15) is 9.18 Å². The van der Waals surface area contributed by atoms with Crippen molar-refractivity contribution in [3.63, 3.8) is 0 Å². The third kappa shape index (κ3) is 3.44. The van der Waals surface area contributed by atoms with Gasteiger partial charge in [0.05, 0.1) is 18.4 Å². The molecule has 0 atom stereocenters. The van der Waals surface area contributed by atoms with Crippen LogP contribution in [0.5, 0.6) is 5.75 Å². The number of halogens is 2. The van der Waals surface area contributed by atoms with Gasteiger partial charge >= 0.3 is 5.97 Å². The Bertz CT molecular complexity index is 656. The molecule has 4 nitrogen and oxygen atoms in total. The quantitative estimate of drug-likeness (QED) is 0.882. The second-order valence-corrected chi connectivity index (χ2v) is 4.68. The van der Waals surface area contributed by atoms with Crippen molar-refractivity contribution in [2.75, 3.05) is 12.4 Å². The summed E-state index contributed by atoms with van der Waals surface area (Å²) < 4.78 is 18.8. The van der Waals surface area contributed by atoms with Gasteiger partial charge in [-0.15, -0.1) is 0 Å². The molecule has 0 fully saturated rings. The maximum atomic E-state index is 13.7. The van der Waals surface area contributed by atoms with Crippen LogP contribution in [0.4, 0.5) is 10.1 Å². The minimum Gasteiger partial charge on any atom is -0.495 e. The van der Waals surface area contributed by atoms with Crippen LogP contribution in [0.15, 0.2) is 36.4 Å². The first-order valence-electron chi connectivity index (χ1n) is 6.11. The van der Waals surface area contributed by atoms with E-state index in [0.717, 1.165) is 0 Å². The predicted molar refractivity (Wildman–Crippen MR) is 78.7 cm³/mol. The average molecular weight is 310 g/mol. The molecular weight excluding hydrogens is 297 g/mol. The van der Waals surface area contributed by atoms with E-state index < -0.39 is 11.8 Å². The van der Waals surface area contributed by atoms with Crippen LogP contribution < -0.4 is 10.1 Å². The molecule has 0 aliphatic heterocycles. The Morgan fingerprint density at radius 3 is 2.76 bits per heavy atom. The van der Waals surface area contributed by atoms with Gasteiger partial charge in [-0.1, -0.05) is 17.7 Å². The van der Waals surface area contributed by atoms with Gasteiger partial charge < -0.3 is 15.2 Å². The molecule has 0 saturated heterocycles. The summed E-state index contributed by atoms with van der Waals surface area (Å²) in [5, 5.41) is 12.2. The number of hydrogen-bond acceptors (Lipinski definition) is 3. The van der Waals surface area contributed by atoms with E-state index in [1.165, 1.54) is 37.4 Å². The standard InChI is InChI=1S/C15H13ClFNO3/c1-21-14-6-5-9(15(19)20)7-13(14)18-8-10-11(16)3-2-4-12(10)17/h2-7,18H,8H2,1H3,(H,19,20). The van der Waals surface area contributed by atoms with Crippen molar-refractivity contribution in [3.8, 4) is 5.75 Å². The predicted octanol–water partition coefficient (Wildman–Crippen LogP) is 3.80. The fraction of sp³-hybridized carbons (Fsp3) is 0.133. The first kappa shape index (κ1) is 15.1. The molecule has 21 heavy (non-hydrogen) atoms. The van der Waals surface area contributed by atoms with Crippen LogP contribution in [0.25, 0.3) is 0 Å². The van der Waals surface area contributed by atoms with Crippen LogP contribution in [-0.2, 0) is 6.54 Å². The minimum atomic E-state index is -1.05. The monoisotopic (exact) mass is 309 g/mol. The number of carboxylic acids is 1. The van der Waals surface area contributed by atoms with Crippen molar-refractivity contribution >= 4 is 23.3 Å². The van der Waals surface area contributed by atoms with Gasteiger partial charge in [-0.05, 0) is 30.3 Å². The van der Waals surface area contributed by atoms with Gasteiger partial charge in [0.25, 0.3) is 0 Å². The molecule has 0 bridgehead atoms. The van der Waals surface area contributed by atoms with E-state index in [2.05, 4.69) is 5.32 Å². The molecule has 2 rings (SSSR count). The lowest BCUT2D eigenvalue weighted by Gasteiger charge is -2.13. The molecule has 0 radical (unpaired) electrons. The Morgan fingerprint density at radius 1 is 1.38 bits per heavy atom. The molecule has 2 aromatic rings. The Balaban J connectivity index is 2.26. The maximum absolute atomic E-state index is 13.7. The molecule has 0 amide bonds. The number of carbonyl (C=O) groups is 1. The summed E-state index contributed by atoms with van der Waals surface area (Å²) in [7, 11) is 1.47. The van der Waals surface area contributed by atoms with Crippen LogP contribution in [0.2, 0.25) is 5.02 Å². The van der Waals surface area contributed by atoms with E-state index in [1.807, 2.05) is 0 Å². The van der Waals surface area contributed by atoms with Crippen molar-refractivity contribution in [2.45, 2.75) is 6.54 Å². The Hall–Kier alpha value is -2.27. The van der Waals surface area contributed by atoms with Crippen LogP contribution in [0.1, 0.15) is 15.9 Å². The zero-order valence-electron chi connectivity index (χ0n) is 11.2. The molecule has 2 N–H and O–H groups in total. The van der Waals surface area contributed by atoms with Gasteiger partial charge in [0.1, 0.15) is 11.6 Å². The molecule has 0 aliphatic carbocycles. The number of hydrogen-bond donors (Lipinski definition) is 2. The van der Waals surface area contributed by atoms with Crippen molar-refractivity contribution in [2.24, 2.45) is 0 Å². The van der Waals surface area contributed by atoms with Crippen molar-refractivity contribution in [1.82, 2.24) is 0 Å². The van der Waals surface area contributed by atoms with Crippen molar-refractivity contribution in [1.29, 1.82) is 0 Å². The lowest BCUT2D eigenvalue weighted by atomic mass is 10.1. The number of aromatic carboxylic acids is 1.